The van der Waals surface area contributed by atoms with Gasteiger partial charge >= 0.3 is 5.97 Å². The minimum absolute atomic E-state index is 0.388. The molecule has 3 nitrogen and oxygen atoms in total. The topological polar surface area (TPSA) is 42.2 Å². The minimum atomic E-state index is -0.816. The third-order valence-corrected chi connectivity index (χ3v) is 3.53. The molecular formula is C14H15NO2. The van der Waals surface area contributed by atoms with Crippen LogP contribution < -0.4 is 0 Å². The van der Waals surface area contributed by atoms with Crippen molar-refractivity contribution in [2.24, 2.45) is 0 Å². The summed E-state index contributed by atoms with van der Waals surface area (Å²) in [6, 6.07) is 6.55. The zero-order valence-electron chi connectivity index (χ0n) is 10.0. The third-order valence-electron chi connectivity index (χ3n) is 3.53. The van der Waals surface area contributed by atoms with Crippen molar-refractivity contribution in [3.05, 3.63) is 35.0 Å². The molecule has 0 atom stereocenters. The second-order valence-electron chi connectivity index (χ2n) is 4.90. The molecule has 2 aromatic rings. The van der Waals surface area contributed by atoms with Crippen LogP contribution in [0.4, 0.5) is 0 Å². The monoisotopic (exact) mass is 229 g/mol. The van der Waals surface area contributed by atoms with Crippen LogP contribution in [0, 0.1) is 13.8 Å². The van der Waals surface area contributed by atoms with Gasteiger partial charge in [-0.25, -0.2) is 4.79 Å². The Bertz CT molecular complexity index is 621. The fourth-order valence-corrected chi connectivity index (χ4v) is 2.56. The van der Waals surface area contributed by atoms with Crippen LogP contribution in [0.2, 0.25) is 0 Å². The number of nitrogens with zero attached hydrogens (tertiary/aromatic N) is 1. The van der Waals surface area contributed by atoms with Crippen molar-refractivity contribution < 1.29 is 9.90 Å². The highest BCUT2D eigenvalue weighted by Crippen LogP contribution is 2.41. The summed E-state index contributed by atoms with van der Waals surface area (Å²) in [5.74, 6) is -0.816. The van der Waals surface area contributed by atoms with Crippen molar-refractivity contribution in [2.75, 3.05) is 0 Å². The number of fused-ring (bicyclic) bond motifs is 1. The number of aromatic nitrogens is 1. The first-order chi connectivity index (χ1) is 8.09. The molecule has 0 amide bonds. The van der Waals surface area contributed by atoms with Gasteiger partial charge in [-0.15, -0.1) is 0 Å². The molecule has 17 heavy (non-hydrogen) atoms. The first-order valence-corrected chi connectivity index (χ1v) is 5.94. The highest BCUT2D eigenvalue weighted by Gasteiger charge is 2.31. The second kappa shape index (κ2) is 3.36. The number of aromatic carboxylic acids is 1. The van der Waals surface area contributed by atoms with Crippen molar-refractivity contribution >= 4 is 16.9 Å². The maximum Gasteiger partial charge on any atom is 0.352 e. The molecule has 0 spiro atoms. The van der Waals surface area contributed by atoms with Crippen molar-refractivity contribution in [1.29, 1.82) is 0 Å². The predicted octanol–water partition coefficient (Wildman–Crippen LogP) is 3.29. The molecular weight excluding hydrogens is 214 g/mol. The van der Waals surface area contributed by atoms with E-state index in [9.17, 15) is 9.90 Å². The van der Waals surface area contributed by atoms with Gasteiger partial charge < -0.3 is 9.67 Å². The molecule has 88 valence electrons. The Hall–Kier alpha value is -1.77. The Labute approximate surface area is 99.7 Å². The Morgan fingerprint density at radius 2 is 2.06 bits per heavy atom. The van der Waals surface area contributed by atoms with E-state index < -0.39 is 5.97 Å². The van der Waals surface area contributed by atoms with Crippen molar-refractivity contribution in [1.82, 2.24) is 4.57 Å². The molecule has 0 saturated heterocycles. The van der Waals surface area contributed by atoms with Crippen LogP contribution in [-0.2, 0) is 0 Å². The Morgan fingerprint density at radius 1 is 1.35 bits per heavy atom. The molecule has 0 bridgehead atoms. The van der Waals surface area contributed by atoms with E-state index in [1.54, 1.807) is 0 Å². The van der Waals surface area contributed by atoms with E-state index in [1.807, 2.05) is 30.5 Å². The smallest absolute Gasteiger partial charge is 0.352 e. The molecule has 1 aromatic heterocycles. The van der Waals surface area contributed by atoms with E-state index in [0.717, 1.165) is 29.3 Å². The van der Waals surface area contributed by atoms with E-state index in [-0.39, 0.29) is 0 Å². The van der Waals surface area contributed by atoms with Gasteiger partial charge in [-0.05, 0) is 43.9 Å². The molecule has 0 radical (unpaired) electrons. The lowest BCUT2D eigenvalue weighted by atomic mass is 10.1. The summed E-state index contributed by atoms with van der Waals surface area (Å²) in [6.45, 7) is 3.94. The van der Waals surface area contributed by atoms with E-state index in [2.05, 4.69) is 6.07 Å². The van der Waals surface area contributed by atoms with Crippen LogP contribution in [0.1, 0.15) is 40.5 Å². The van der Waals surface area contributed by atoms with Gasteiger partial charge in [-0.1, -0.05) is 12.1 Å². The summed E-state index contributed by atoms with van der Waals surface area (Å²) in [4.78, 5) is 11.4. The average molecular weight is 229 g/mol. The first-order valence-electron chi connectivity index (χ1n) is 5.94. The van der Waals surface area contributed by atoms with Gasteiger partial charge in [0.2, 0.25) is 0 Å². The summed E-state index contributed by atoms with van der Waals surface area (Å²) in [5.41, 5.74) is 3.60. The first kappa shape index (κ1) is 10.4. The lowest BCUT2D eigenvalue weighted by Crippen LogP contribution is -2.08. The molecule has 1 aromatic carbocycles. The summed E-state index contributed by atoms with van der Waals surface area (Å²) >= 11 is 0. The molecule has 3 rings (SSSR count). The predicted molar refractivity (Wildman–Crippen MR) is 66.6 cm³/mol. The van der Waals surface area contributed by atoms with Gasteiger partial charge in [0, 0.05) is 16.9 Å². The van der Waals surface area contributed by atoms with Crippen LogP contribution in [0.3, 0.4) is 0 Å². The SMILES string of the molecule is Cc1ccc2c(C)c(C(=O)O)n(C3CC3)c2c1. The molecule has 1 N–H and O–H groups in total. The molecule has 1 aliphatic carbocycles. The number of hydrogen-bond acceptors (Lipinski definition) is 1. The Morgan fingerprint density at radius 3 is 2.65 bits per heavy atom. The van der Waals surface area contributed by atoms with Crippen molar-refractivity contribution in [2.45, 2.75) is 32.7 Å². The van der Waals surface area contributed by atoms with Crippen molar-refractivity contribution in [3.63, 3.8) is 0 Å². The average Bonchev–Trinajstić information content (AvgIpc) is 3.04. The molecule has 1 aliphatic rings. The van der Waals surface area contributed by atoms with Crippen LogP contribution in [0.15, 0.2) is 18.2 Å². The number of carboxylic acids is 1. The van der Waals surface area contributed by atoms with E-state index >= 15 is 0 Å². The van der Waals surface area contributed by atoms with Crippen LogP contribution in [-0.4, -0.2) is 15.6 Å². The summed E-state index contributed by atoms with van der Waals surface area (Å²) < 4.78 is 2.01. The van der Waals surface area contributed by atoms with Gasteiger partial charge in [-0.2, -0.15) is 0 Å². The number of rotatable bonds is 2. The fraction of sp³-hybridized carbons (Fsp3) is 0.357. The number of hydrogen-bond donors (Lipinski definition) is 1. The third kappa shape index (κ3) is 1.46. The highest BCUT2D eigenvalue weighted by molar-refractivity contribution is 5.98. The fourth-order valence-electron chi connectivity index (χ4n) is 2.56. The second-order valence-corrected chi connectivity index (χ2v) is 4.90. The van der Waals surface area contributed by atoms with Crippen LogP contribution in [0.5, 0.6) is 0 Å². The maximum atomic E-state index is 11.4. The molecule has 3 heteroatoms. The summed E-state index contributed by atoms with van der Waals surface area (Å²) in [6.07, 6.45) is 2.19. The zero-order chi connectivity index (χ0) is 12.2. The van der Waals surface area contributed by atoms with Gasteiger partial charge in [0.15, 0.2) is 0 Å². The molecule has 1 saturated carbocycles. The van der Waals surface area contributed by atoms with Gasteiger partial charge in [0.1, 0.15) is 5.69 Å². The lowest BCUT2D eigenvalue weighted by Gasteiger charge is -2.06. The summed E-state index contributed by atoms with van der Waals surface area (Å²) in [7, 11) is 0. The number of carboxylic acid groups (broad SMARTS) is 1. The van der Waals surface area contributed by atoms with Gasteiger partial charge in [0.25, 0.3) is 0 Å². The summed E-state index contributed by atoms with van der Waals surface area (Å²) in [5, 5.41) is 10.4. The zero-order valence-corrected chi connectivity index (χ0v) is 10.0. The number of benzene rings is 1. The largest absolute Gasteiger partial charge is 0.477 e. The Balaban J connectivity index is 2.41. The highest BCUT2D eigenvalue weighted by atomic mass is 16.4. The van der Waals surface area contributed by atoms with Crippen LogP contribution >= 0.6 is 0 Å². The molecule has 1 fully saturated rings. The normalized spacial score (nSPS) is 15.4. The van der Waals surface area contributed by atoms with Gasteiger partial charge in [-0.3, -0.25) is 0 Å². The molecule has 0 unspecified atom stereocenters. The maximum absolute atomic E-state index is 11.4. The Kier molecular flexibility index (Phi) is 2.05. The van der Waals surface area contributed by atoms with E-state index in [4.69, 9.17) is 0 Å². The molecule has 1 heterocycles. The van der Waals surface area contributed by atoms with Crippen LogP contribution in [0.25, 0.3) is 10.9 Å². The lowest BCUT2D eigenvalue weighted by molar-refractivity contribution is 0.0684. The number of carbonyl (C=O) groups is 1. The quantitative estimate of drug-likeness (QED) is 0.858. The van der Waals surface area contributed by atoms with Crippen molar-refractivity contribution in [3.8, 4) is 0 Å². The van der Waals surface area contributed by atoms with E-state index in [1.165, 1.54) is 5.56 Å². The number of aryl methyl sites for hydroxylation is 2. The van der Waals surface area contributed by atoms with Gasteiger partial charge in [0.05, 0.1) is 0 Å². The molecule has 0 aliphatic heterocycles. The standard InChI is InChI=1S/C14H15NO2/c1-8-3-6-11-9(2)13(14(16)17)15(10-4-5-10)12(11)7-8/h3,6-7,10H,4-5H2,1-2H3,(H,16,17). The minimum Gasteiger partial charge on any atom is -0.477 e. The van der Waals surface area contributed by atoms with E-state index in [0.29, 0.717) is 11.7 Å².